The number of hydrogen-bond donors (Lipinski definition) is 1. The number of thiol groups is 1. The molecule has 4 heteroatoms. The Bertz CT molecular complexity index is 83.0. The second-order valence-electron chi connectivity index (χ2n) is 1.45. The Morgan fingerprint density at radius 1 is 1.44 bits per heavy atom. The quantitative estimate of drug-likeness (QED) is 0.458. The van der Waals surface area contributed by atoms with Gasteiger partial charge in [-0.2, -0.15) is 0 Å². The van der Waals surface area contributed by atoms with E-state index in [0.717, 1.165) is 13.1 Å². The smallest absolute Gasteiger partial charge is 0.133 e. The Morgan fingerprint density at radius 3 is 1.78 bits per heavy atom. The molecule has 2 radical (unpaired) electrons. The zero-order valence-electron chi connectivity index (χ0n) is 5.63. The zero-order valence-corrected chi connectivity index (χ0v) is 9.67. The molecule has 1 nitrogen and oxygen atoms in total. The molecule has 0 rings (SSSR count). The van der Waals surface area contributed by atoms with Crippen LogP contribution >= 0.6 is 24.8 Å². The van der Waals surface area contributed by atoms with E-state index in [9.17, 15) is 0 Å². The van der Waals surface area contributed by atoms with Crippen LogP contribution in [0.15, 0.2) is 0 Å². The van der Waals surface area contributed by atoms with E-state index < -0.39 is 0 Å². The van der Waals surface area contributed by atoms with Gasteiger partial charge < -0.3 is 4.90 Å². The van der Waals surface area contributed by atoms with Gasteiger partial charge in [-0.3, -0.25) is 0 Å². The van der Waals surface area contributed by atoms with Crippen LogP contribution in [0.5, 0.6) is 0 Å². The third kappa shape index (κ3) is 5.47. The van der Waals surface area contributed by atoms with Crippen molar-refractivity contribution in [1.82, 2.24) is 4.90 Å². The number of thiocarbonyl (C=S) groups is 1. The molecule has 0 aliphatic heterocycles. The molecule has 0 N–H and O–H groups in total. The summed E-state index contributed by atoms with van der Waals surface area (Å²) in [5.41, 5.74) is 0. The van der Waals surface area contributed by atoms with Crippen molar-refractivity contribution < 1.29 is 0 Å². The first-order valence-electron chi connectivity index (χ1n) is 2.70. The Hall–Kier alpha value is 1.03. The molecule has 0 fully saturated rings. The second-order valence-corrected chi connectivity index (χ2v) is 2.57. The maximum absolute atomic E-state index is 4.81. The van der Waals surface area contributed by atoms with Crippen molar-refractivity contribution in [3.8, 4) is 0 Å². The van der Waals surface area contributed by atoms with Gasteiger partial charge in [0.25, 0.3) is 0 Å². The van der Waals surface area contributed by atoms with Crippen LogP contribution in [-0.4, -0.2) is 46.0 Å². The summed E-state index contributed by atoms with van der Waals surface area (Å²) in [7, 11) is 0. The molecule has 0 heterocycles. The normalized spacial score (nSPS) is 7.89. The van der Waals surface area contributed by atoms with Gasteiger partial charge in [-0.05, 0) is 13.8 Å². The number of nitrogens with zero attached hydrogens (tertiary/aromatic N) is 1. The van der Waals surface area contributed by atoms with E-state index in [1.165, 1.54) is 0 Å². The molecular formula is C5H11NS2Te. The van der Waals surface area contributed by atoms with Gasteiger partial charge in [-0.15, -0.1) is 12.6 Å². The minimum absolute atomic E-state index is 0. The minimum atomic E-state index is 0. The molecule has 0 saturated carbocycles. The molecular weight excluding hydrogens is 266 g/mol. The summed E-state index contributed by atoms with van der Waals surface area (Å²) in [5.74, 6) is 0. The van der Waals surface area contributed by atoms with Crippen LogP contribution in [0, 0.1) is 0 Å². The predicted octanol–water partition coefficient (Wildman–Crippen LogP) is 1.16. The van der Waals surface area contributed by atoms with Gasteiger partial charge in [0.05, 0.1) is 0 Å². The Kier molecular flexibility index (Phi) is 10.1. The molecule has 0 spiro atoms. The van der Waals surface area contributed by atoms with Gasteiger partial charge in [0, 0.05) is 36.8 Å². The average Bonchev–Trinajstić information content (AvgIpc) is 1.69. The fourth-order valence-electron chi connectivity index (χ4n) is 0.494. The van der Waals surface area contributed by atoms with E-state index in [0.29, 0.717) is 4.32 Å². The third-order valence-corrected chi connectivity index (χ3v) is 1.58. The van der Waals surface area contributed by atoms with Crippen molar-refractivity contribution in [3.05, 3.63) is 0 Å². The summed E-state index contributed by atoms with van der Waals surface area (Å²) in [6.45, 7) is 6.04. The molecule has 0 aromatic heterocycles. The molecule has 0 aliphatic carbocycles. The van der Waals surface area contributed by atoms with Crippen molar-refractivity contribution in [2.24, 2.45) is 0 Å². The van der Waals surface area contributed by atoms with E-state index in [4.69, 9.17) is 12.2 Å². The molecule has 0 aromatic carbocycles. The maximum atomic E-state index is 4.81. The van der Waals surface area contributed by atoms with E-state index in [-0.39, 0.29) is 23.7 Å². The molecule has 54 valence electrons. The molecule has 0 atom stereocenters. The summed E-state index contributed by atoms with van der Waals surface area (Å²) in [6.07, 6.45) is 0. The molecule has 0 aromatic rings. The number of hydrogen-bond acceptors (Lipinski definition) is 1. The average molecular weight is 277 g/mol. The van der Waals surface area contributed by atoms with Crippen LogP contribution in [0.25, 0.3) is 0 Å². The Labute approximate surface area is 84.3 Å². The van der Waals surface area contributed by atoms with Gasteiger partial charge >= 0.3 is 0 Å². The van der Waals surface area contributed by atoms with Crippen LogP contribution in [0.1, 0.15) is 13.8 Å². The summed E-state index contributed by atoms with van der Waals surface area (Å²) < 4.78 is 0.690. The molecule has 0 bridgehead atoms. The fraction of sp³-hybridized carbons (Fsp3) is 0.800. The molecule has 0 saturated heterocycles. The van der Waals surface area contributed by atoms with Crippen LogP contribution in [0.4, 0.5) is 0 Å². The van der Waals surface area contributed by atoms with Crippen molar-refractivity contribution in [1.29, 1.82) is 0 Å². The number of rotatable bonds is 2. The fourth-order valence-corrected chi connectivity index (χ4v) is 1.04. The SMILES string of the molecule is CCN(CC)C(=S)S.[Te]. The van der Waals surface area contributed by atoms with E-state index >= 15 is 0 Å². The first-order chi connectivity index (χ1) is 3.72. The van der Waals surface area contributed by atoms with Crippen LogP contribution < -0.4 is 0 Å². The van der Waals surface area contributed by atoms with E-state index in [1.807, 2.05) is 4.90 Å². The van der Waals surface area contributed by atoms with Crippen molar-refractivity contribution in [3.63, 3.8) is 0 Å². The topological polar surface area (TPSA) is 3.24 Å². The van der Waals surface area contributed by atoms with Crippen molar-refractivity contribution >= 4 is 52.8 Å². The van der Waals surface area contributed by atoms with Crippen LogP contribution in [0.2, 0.25) is 0 Å². The first-order valence-corrected chi connectivity index (χ1v) is 3.55. The third-order valence-electron chi connectivity index (χ3n) is 1.03. The molecule has 0 amide bonds. The van der Waals surface area contributed by atoms with Crippen LogP contribution in [-0.2, 0) is 0 Å². The Morgan fingerprint density at radius 2 is 1.78 bits per heavy atom. The zero-order chi connectivity index (χ0) is 6.57. The predicted molar refractivity (Wildman–Crippen MR) is 50.3 cm³/mol. The van der Waals surface area contributed by atoms with Gasteiger partial charge in [-0.25, -0.2) is 0 Å². The summed E-state index contributed by atoms with van der Waals surface area (Å²) >= 11 is 8.82. The van der Waals surface area contributed by atoms with Crippen molar-refractivity contribution in [2.45, 2.75) is 13.8 Å². The summed E-state index contributed by atoms with van der Waals surface area (Å²) in [4.78, 5) is 2.01. The second kappa shape index (κ2) is 7.14. The molecule has 0 unspecified atom stereocenters. The van der Waals surface area contributed by atoms with Gasteiger partial charge in [0.2, 0.25) is 0 Å². The summed E-state index contributed by atoms with van der Waals surface area (Å²) in [5, 5.41) is 0. The molecule has 0 aliphatic rings. The largest absolute Gasteiger partial charge is 0.358 e. The van der Waals surface area contributed by atoms with E-state index in [1.54, 1.807) is 0 Å². The minimum Gasteiger partial charge on any atom is -0.358 e. The molecule has 9 heavy (non-hydrogen) atoms. The van der Waals surface area contributed by atoms with Gasteiger partial charge in [0.1, 0.15) is 4.32 Å². The summed E-state index contributed by atoms with van der Waals surface area (Å²) in [6, 6.07) is 0. The van der Waals surface area contributed by atoms with Gasteiger partial charge in [0.15, 0.2) is 0 Å². The standard InChI is InChI=1S/C5H11NS2.Te/c1-3-6(4-2)5(7)8;/h3-4H2,1-2H3,(H,7,8);. The first kappa shape index (κ1) is 12.7. The maximum Gasteiger partial charge on any atom is 0.133 e. The van der Waals surface area contributed by atoms with Gasteiger partial charge in [-0.1, -0.05) is 12.2 Å². The van der Waals surface area contributed by atoms with Crippen LogP contribution in [0.3, 0.4) is 0 Å². The van der Waals surface area contributed by atoms with Crippen molar-refractivity contribution in [2.75, 3.05) is 13.1 Å². The Balaban J connectivity index is 0. The van der Waals surface area contributed by atoms with E-state index in [2.05, 4.69) is 26.5 Å². The monoisotopic (exact) mass is 279 g/mol.